The molecule has 1 unspecified atom stereocenters. The molecule has 2 aromatic rings. The minimum absolute atomic E-state index is 0.0365. The van der Waals surface area contributed by atoms with Crippen molar-refractivity contribution in [1.82, 2.24) is 9.99 Å². The molecule has 1 aromatic carbocycles. The summed E-state index contributed by atoms with van der Waals surface area (Å²) in [5, 5.41) is 7.90. The summed E-state index contributed by atoms with van der Waals surface area (Å²) in [6, 6.07) is 8.63. The first kappa shape index (κ1) is 19.7. The van der Waals surface area contributed by atoms with Gasteiger partial charge in [0.15, 0.2) is 15.0 Å². The van der Waals surface area contributed by atoms with Gasteiger partial charge >= 0.3 is 0 Å². The molecule has 2 aliphatic rings. The molecule has 0 radical (unpaired) electrons. The fourth-order valence-corrected chi connectivity index (χ4v) is 5.95. The number of nitrogens with zero attached hydrogens (tertiary/aromatic N) is 4. The minimum atomic E-state index is -3.17. The van der Waals surface area contributed by atoms with Gasteiger partial charge in [-0.3, -0.25) is 14.5 Å². The van der Waals surface area contributed by atoms with E-state index in [4.69, 9.17) is 0 Å². The van der Waals surface area contributed by atoms with Crippen LogP contribution in [0, 0.1) is 6.92 Å². The molecule has 1 aromatic heterocycles. The van der Waals surface area contributed by atoms with Gasteiger partial charge in [-0.2, -0.15) is 5.10 Å². The lowest BCUT2D eigenvalue weighted by Gasteiger charge is -2.29. The number of benzene rings is 1. The van der Waals surface area contributed by atoms with E-state index in [1.54, 1.807) is 0 Å². The second-order valence-corrected chi connectivity index (χ2v) is 10.2. The Balaban J connectivity index is 1.68. The number of carbonyl (C=O) groups excluding carboxylic acids is 2. The Morgan fingerprint density at radius 1 is 1.24 bits per heavy atom. The van der Waals surface area contributed by atoms with Crippen LogP contribution in [-0.4, -0.2) is 53.5 Å². The van der Waals surface area contributed by atoms with Crippen molar-refractivity contribution in [3.8, 4) is 0 Å². The number of aromatic nitrogens is 1. The van der Waals surface area contributed by atoms with Crippen molar-refractivity contribution in [2.24, 2.45) is 5.10 Å². The molecule has 29 heavy (non-hydrogen) atoms. The van der Waals surface area contributed by atoms with Crippen LogP contribution in [0.15, 0.2) is 40.8 Å². The quantitative estimate of drug-likeness (QED) is 0.738. The number of para-hydroxylation sites is 1. The Morgan fingerprint density at radius 2 is 2.00 bits per heavy atom. The smallest absolute Gasteiger partial charge is 0.273 e. The molecule has 0 spiro atoms. The van der Waals surface area contributed by atoms with Crippen LogP contribution < -0.4 is 4.90 Å². The predicted molar refractivity (Wildman–Crippen MR) is 111 cm³/mol. The van der Waals surface area contributed by atoms with Crippen LogP contribution in [0.3, 0.4) is 0 Å². The molecule has 8 nitrogen and oxygen atoms in total. The standard InChI is InChI=1S/C19H20N4O4S2/c1-13-11-28-19(20-13)22(14-5-3-2-4-6-14)18(25)16-7-8-17(24)23(21-16)15-9-10-29(26,27)12-15/h2-6,11,15H,7-10,12H2,1H3. The fraction of sp³-hybridized carbons (Fsp3) is 0.368. The van der Waals surface area contributed by atoms with Gasteiger partial charge in [-0.05, 0) is 25.5 Å². The molecule has 1 fully saturated rings. The van der Waals surface area contributed by atoms with Gasteiger partial charge < -0.3 is 0 Å². The molecular formula is C19H20N4O4S2. The highest BCUT2D eigenvalue weighted by atomic mass is 32.2. The van der Waals surface area contributed by atoms with E-state index in [0.717, 1.165) is 5.69 Å². The molecule has 0 saturated carbocycles. The average molecular weight is 433 g/mol. The van der Waals surface area contributed by atoms with Gasteiger partial charge in [0.1, 0.15) is 5.71 Å². The molecule has 0 bridgehead atoms. The maximum absolute atomic E-state index is 13.4. The molecule has 0 N–H and O–H groups in total. The van der Waals surface area contributed by atoms with Gasteiger partial charge in [0.2, 0.25) is 5.91 Å². The van der Waals surface area contributed by atoms with E-state index in [9.17, 15) is 18.0 Å². The third kappa shape index (κ3) is 4.08. The molecule has 2 amide bonds. The number of carbonyl (C=O) groups is 2. The highest BCUT2D eigenvalue weighted by Crippen LogP contribution is 2.30. The van der Waals surface area contributed by atoms with E-state index in [-0.39, 0.29) is 41.9 Å². The Bertz CT molecular complexity index is 1080. The van der Waals surface area contributed by atoms with Gasteiger partial charge in [-0.25, -0.2) is 18.4 Å². The van der Waals surface area contributed by atoms with Crippen molar-refractivity contribution < 1.29 is 18.0 Å². The van der Waals surface area contributed by atoms with Crippen LogP contribution in [0.1, 0.15) is 25.0 Å². The highest BCUT2D eigenvalue weighted by Gasteiger charge is 2.38. The first-order valence-electron chi connectivity index (χ1n) is 9.26. The van der Waals surface area contributed by atoms with Crippen LogP contribution in [0.4, 0.5) is 10.8 Å². The summed E-state index contributed by atoms with van der Waals surface area (Å²) >= 11 is 1.35. The normalized spacial score (nSPS) is 21.1. The van der Waals surface area contributed by atoms with Crippen LogP contribution in [0.25, 0.3) is 0 Å². The maximum atomic E-state index is 13.4. The summed E-state index contributed by atoms with van der Waals surface area (Å²) in [6.45, 7) is 1.85. The fourth-order valence-electron chi connectivity index (χ4n) is 3.44. The monoisotopic (exact) mass is 432 g/mol. The van der Waals surface area contributed by atoms with Gasteiger partial charge in [0.25, 0.3) is 5.91 Å². The van der Waals surface area contributed by atoms with Crippen molar-refractivity contribution in [3.05, 3.63) is 41.4 Å². The van der Waals surface area contributed by atoms with E-state index in [1.807, 2.05) is 42.6 Å². The lowest BCUT2D eigenvalue weighted by Crippen LogP contribution is -2.44. The van der Waals surface area contributed by atoms with Gasteiger partial charge in [0.05, 0.1) is 28.9 Å². The van der Waals surface area contributed by atoms with Crippen molar-refractivity contribution in [1.29, 1.82) is 0 Å². The minimum Gasteiger partial charge on any atom is -0.273 e. The molecule has 1 atom stereocenters. The summed E-state index contributed by atoms with van der Waals surface area (Å²) in [6.07, 6.45) is 0.676. The Hall–Kier alpha value is -2.59. The third-order valence-electron chi connectivity index (χ3n) is 4.88. The molecule has 152 valence electrons. The average Bonchev–Trinajstić information content (AvgIpc) is 3.28. The molecule has 0 aliphatic carbocycles. The predicted octanol–water partition coefficient (Wildman–Crippen LogP) is 2.28. The summed E-state index contributed by atoms with van der Waals surface area (Å²) in [5.41, 5.74) is 1.68. The number of hydrogen-bond acceptors (Lipinski definition) is 7. The van der Waals surface area contributed by atoms with Gasteiger partial charge in [-0.1, -0.05) is 18.2 Å². The molecular weight excluding hydrogens is 412 g/mol. The molecule has 2 aliphatic heterocycles. The van der Waals surface area contributed by atoms with Gasteiger partial charge in [0, 0.05) is 18.2 Å². The van der Waals surface area contributed by atoms with Crippen LogP contribution >= 0.6 is 11.3 Å². The van der Waals surface area contributed by atoms with E-state index in [2.05, 4.69) is 10.1 Å². The number of aryl methyl sites for hydroxylation is 1. The van der Waals surface area contributed by atoms with Gasteiger partial charge in [-0.15, -0.1) is 11.3 Å². The number of hydrazone groups is 1. The summed E-state index contributed by atoms with van der Waals surface area (Å²) in [7, 11) is -3.17. The van der Waals surface area contributed by atoms with Crippen molar-refractivity contribution in [2.75, 3.05) is 16.4 Å². The van der Waals surface area contributed by atoms with Crippen molar-refractivity contribution in [2.45, 2.75) is 32.2 Å². The highest BCUT2D eigenvalue weighted by molar-refractivity contribution is 7.91. The van der Waals surface area contributed by atoms with E-state index in [0.29, 0.717) is 17.2 Å². The van der Waals surface area contributed by atoms with E-state index in [1.165, 1.54) is 21.2 Å². The lowest BCUT2D eigenvalue weighted by atomic mass is 10.1. The Labute approximate surface area is 172 Å². The number of thiazole rings is 1. The number of sulfone groups is 1. The molecule has 10 heteroatoms. The van der Waals surface area contributed by atoms with Crippen molar-refractivity contribution in [3.63, 3.8) is 0 Å². The van der Waals surface area contributed by atoms with Crippen molar-refractivity contribution >= 4 is 49.5 Å². The number of amides is 2. The second-order valence-electron chi connectivity index (χ2n) is 7.09. The number of hydrogen-bond donors (Lipinski definition) is 0. The summed E-state index contributed by atoms with van der Waals surface area (Å²) < 4.78 is 23.6. The maximum Gasteiger partial charge on any atom is 0.280 e. The van der Waals surface area contributed by atoms with Crippen LogP contribution in [-0.2, 0) is 19.4 Å². The molecule has 3 heterocycles. The zero-order valence-corrected chi connectivity index (χ0v) is 17.4. The first-order valence-corrected chi connectivity index (χ1v) is 12.0. The molecule has 4 rings (SSSR count). The number of rotatable bonds is 4. The van der Waals surface area contributed by atoms with E-state index < -0.39 is 15.9 Å². The zero-order valence-electron chi connectivity index (χ0n) is 15.8. The second kappa shape index (κ2) is 7.68. The first-order chi connectivity index (χ1) is 13.8. The zero-order chi connectivity index (χ0) is 20.6. The van der Waals surface area contributed by atoms with Crippen LogP contribution in [0.5, 0.6) is 0 Å². The largest absolute Gasteiger partial charge is 0.280 e. The topological polar surface area (TPSA) is 100 Å². The lowest BCUT2D eigenvalue weighted by molar-refractivity contribution is -0.133. The van der Waals surface area contributed by atoms with E-state index >= 15 is 0 Å². The molecule has 1 saturated heterocycles. The van der Waals surface area contributed by atoms with Crippen LogP contribution in [0.2, 0.25) is 0 Å². The number of anilines is 2. The Kier molecular flexibility index (Phi) is 5.22. The summed E-state index contributed by atoms with van der Waals surface area (Å²) in [4.78, 5) is 31.7. The SMILES string of the molecule is Cc1csc(N(C(=O)C2=NN(C3CCS(=O)(=O)C3)C(=O)CC2)c2ccccc2)n1. The Morgan fingerprint density at radius 3 is 2.62 bits per heavy atom. The third-order valence-corrected chi connectivity index (χ3v) is 7.57. The summed E-state index contributed by atoms with van der Waals surface area (Å²) in [5.74, 6) is -0.684.